The van der Waals surface area contributed by atoms with E-state index in [1.54, 1.807) is 12.1 Å². The monoisotopic (exact) mass is 229 g/mol. The number of hydrogen-bond acceptors (Lipinski definition) is 4. The van der Waals surface area contributed by atoms with E-state index in [1.807, 2.05) is 0 Å². The summed E-state index contributed by atoms with van der Waals surface area (Å²) in [5.74, 6) is -0.701. The third kappa shape index (κ3) is 1.50. The summed E-state index contributed by atoms with van der Waals surface area (Å²) in [6.45, 7) is 0. The fraction of sp³-hybridized carbons (Fsp3) is 0. The summed E-state index contributed by atoms with van der Waals surface area (Å²) in [5, 5.41) is 15.8. The highest BCUT2D eigenvalue weighted by atomic mass is 19.1. The summed E-state index contributed by atoms with van der Waals surface area (Å²) in [6, 6.07) is 5.77. The number of hydrogen-bond donors (Lipinski definition) is 0. The molecule has 0 bridgehead atoms. The van der Waals surface area contributed by atoms with Crippen LogP contribution in [0.15, 0.2) is 36.8 Å². The molecule has 1 aromatic carbocycles. The summed E-state index contributed by atoms with van der Waals surface area (Å²) >= 11 is 0. The Morgan fingerprint density at radius 1 is 1.12 bits per heavy atom. The van der Waals surface area contributed by atoms with Crippen molar-refractivity contribution in [3.05, 3.63) is 42.6 Å². The zero-order valence-corrected chi connectivity index (χ0v) is 8.54. The maximum absolute atomic E-state index is 12.8. The second kappa shape index (κ2) is 3.51. The summed E-state index contributed by atoms with van der Waals surface area (Å²) < 4.78 is 14.3. The van der Waals surface area contributed by atoms with Gasteiger partial charge in [-0.2, -0.15) is 5.10 Å². The lowest BCUT2D eigenvalue weighted by atomic mass is 10.3. The molecule has 0 unspecified atom stereocenters. The second-order valence-corrected chi connectivity index (χ2v) is 3.45. The molecule has 0 aliphatic rings. The number of benzene rings is 1. The molecule has 6 heteroatoms. The molecule has 0 saturated heterocycles. The highest BCUT2D eigenvalue weighted by molar-refractivity contribution is 5.80. The van der Waals surface area contributed by atoms with Crippen molar-refractivity contribution >= 4 is 11.0 Å². The van der Waals surface area contributed by atoms with Gasteiger partial charge in [-0.05, 0) is 24.3 Å². The molecule has 0 atom stereocenters. The number of halogens is 1. The van der Waals surface area contributed by atoms with Crippen LogP contribution in [0.5, 0.6) is 5.88 Å². The Bertz CT molecular complexity index is 678. The first-order valence-corrected chi connectivity index (χ1v) is 4.87. The minimum absolute atomic E-state index is 0.329. The SMILES string of the molecule is [O-]c1ncnc2c1cnn2-c1ccc(F)cc1. The molecule has 2 aromatic heterocycles. The van der Waals surface area contributed by atoms with Crippen molar-refractivity contribution < 1.29 is 9.50 Å². The average Bonchev–Trinajstić information content (AvgIpc) is 2.75. The Labute approximate surface area is 95.2 Å². The van der Waals surface area contributed by atoms with Crippen LogP contribution in [0.2, 0.25) is 0 Å². The van der Waals surface area contributed by atoms with Gasteiger partial charge in [0.15, 0.2) is 5.65 Å². The topological polar surface area (TPSA) is 66.7 Å². The third-order valence-corrected chi connectivity index (χ3v) is 2.40. The summed E-state index contributed by atoms with van der Waals surface area (Å²) in [6.07, 6.45) is 2.59. The van der Waals surface area contributed by atoms with Crippen LogP contribution in [-0.2, 0) is 0 Å². The average molecular weight is 229 g/mol. The molecule has 0 aliphatic heterocycles. The molecule has 0 radical (unpaired) electrons. The summed E-state index contributed by atoms with van der Waals surface area (Å²) in [4.78, 5) is 7.54. The third-order valence-electron chi connectivity index (χ3n) is 2.40. The van der Waals surface area contributed by atoms with Gasteiger partial charge in [-0.1, -0.05) is 0 Å². The van der Waals surface area contributed by atoms with Gasteiger partial charge in [0.05, 0.1) is 17.3 Å². The van der Waals surface area contributed by atoms with Crippen LogP contribution in [-0.4, -0.2) is 19.7 Å². The number of rotatable bonds is 1. The predicted molar refractivity (Wildman–Crippen MR) is 56.1 cm³/mol. The van der Waals surface area contributed by atoms with Gasteiger partial charge in [-0.3, -0.25) is 4.98 Å². The van der Waals surface area contributed by atoms with E-state index in [9.17, 15) is 9.50 Å². The van der Waals surface area contributed by atoms with Gasteiger partial charge in [0, 0.05) is 5.88 Å². The molecule has 84 valence electrons. The minimum atomic E-state index is -0.372. The number of fused-ring (bicyclic) bond motifs is 1. The molecule has 2 heterocycles. The van der Waals surface area contributed by atoms with Crippen molar-refractivity contribution in [3.8, 4) is 11.6 Å². The molecule has 5 nitrogen and oxygen atoms in total. The first kappa shape index (κ1) is 9.71. The lowest BCUT2D eigenvalue weighted by Crippen LogP contribution is -1.99. The Morgan fingerprint density at radius 3 is 2.65 bits per heavy atom. The fourth-order valence-corrected chi connectivity index (χ4v) is 1.59. The number of aromatic nitrogens is 4. The standard InChI is InChI=1S/C11H7FN4O/c12-7-1-3-8(4-2-7)16-10-9(5-15-16)11(17)14-6-13-10/h1-6H,(H,13,14,17)/p-1. The maximum atomic E-state index is 12.8. The highest BCUT2D eigenvalue weighted by Gasteiger charge is 2.06. The normalized spacial score (nSPS) is 10.9. The summed E-state index contributed by atoms with van der Waals surface area (Å²) in [7, 11) is 0. The highest BCUT2D eigenvalue weighted by Crippen LogP contribution is 2.20. The lowest BCUT2D eigenvalue weighted by Gasteiger charge is -2.05. The van der Waals surface area contributed by atoms with Crippen molar-refractivity contribution in [3.63, 3.8) is 0 Å². The number of nitrogens with zero attached hydrogens (tertiary/aromatic N) is 4. The van der Waals surface area contributed by atoms with Crippen molar-refractivity contribution in [2.24, 2.45) is 0 Å². The van der Waals surface area contributed by atoms with E-state index in [1.165, 1.54) is 29.3 Å². The molecule has 17 heavy (non-hydrogen) atoms. The minimum Gasteiger partial charge on any atom is -0.858 e. The summed E-state index contributed by atoms with van der Waals surface area (Å²) in [5.41, 5.74) is 1.05. The Balaban J connectivity index is 2.24. The van der Waals surface area contributed by atoms with Crippen molar-refractivity contribution in [2.75, 3.05) is 0 Å². The van der Waals surface area contributed by atoms with Crippen molar-refractivity contribution in [2.45, 2.75) is 0 Å². The quantitative estimate of drug-likeness (QED) is 0.625. The second-order valence-electron chi connectivity index (χ2n) is 3.45. The lowest BCUT2D eigenvalue weighted by molar-refractivity contribution is -0.272. The van der Waals surface area contributed by atoms with Gasteiger partial charge >= 0.3 is 0 Å². The molecule has 0 aliphatic carbocycles. The zero-order chi connectivity index (χ0) is 11.8. The zero-order valence-electron chi connectivity index (χ0n) is 8.54. The van der Waals surface area contributed by atoms with Gasteiger partial charge in [0.1, 0.15) is 12.1 Å². The van der Waals surface area contributed by atoms with E-state index < -0.39 is 0 Å². The van der Waals surface area contributed by atoms with Crippen molar-refractivity contribution in [1.29, 1.82) is 0 Å². The molecule has 3 aromatic rings. The molecule has 0 fully saturated rings. The molecule has 0 N–H and O–H groups in total. The van der Waals surface area contributed by atoms with Crippen LogP contribution in [0.1, 0.15) is 0 Å². The van der Waals surface area contributed by atoms with Gasteiger partial charge in [-0.25, -0.2) is 14.1 Å². The van der Waals surface area contributed by atoms with E-state index in [2.05, 4.69) is 15.1 Å². The van der Waals surface area contributed by atoms with Gasteiger partial charge in [0.2, 0.25) is 0 Å². The van der Waals surface area contributed by atoms with Gasteiger partial charge < -0.3 is 5.11 Å². The molecular formula is C11H6FN4O-. The molecule has 0 spiro atoms. The van der Waals surface area contributed by atoms with Crippen LogP contribution in [0.25, 0.3) is 16.7 Å². The van der Waals surface area contributed by atoms with Crippen LogP contribution >= 0.6 is 0 Å². The largest absolute Gasteiger partial charge is 0.858 e. The van der Waals surface area contributed by atoms with E-state index in [0.29, 0.717) is 16.7 Å². The Hall–Kier alpha value is -2.50. The molecule has 0 amide bonds. The predicted octanol–water partition coefficient (Wildman–Crippen LogP) is 1.03. The molecular weight excluding hydrogens is 223 g/mol. The maximum Gasteiger partial charge on any atom is 0.165 e. The first-order valence-electron chi connectivity index (χ1n) is 4.87. The smallest absolute Gasteiger partial charge is 0.165 e. The van der Waals surface area contributed by atoms with Crippen molar-refractivity contribution in [1.82, 2.24) is 19.7 Å². The van der Waals surface area contributed by atoms with Gasteiger partial charge in [-0.15, -0.1) is 0 Å². The van der Waals surface area contributed by atoms with Crippen LogP contribution in [0.3, 0.4) is 0 Å². The Kier molecular flexibility index (Phi) is 2.01. The van der Waals surface area contributed by atoms with E-state index >= 15 is 0 Å². The van der Waals surface area contributed by atoms with E-state index in [4.69, 9.17) is 0 Å². The van der Waals surface area contributed by atoms with Gasteiger partial charge in [0.25, 0.3) is 0 Å². The first-order chi connectivity index (χ1) is 8.25. The molecule has 3 rings (SSSR count). The van der Waals surface area contributed by atoms with Crippen LogP contribution < -0.4 is 5.11 Å². The van der Waals surface area contributed by atoms with E-state index in [-0.39, 0.29) is 11.7 Å². The van der Waals surface area contributed by atoms with E-state index in [0.717, 1.165) is 0 Å². The van der Waals surface area contributed by atoms with Crippen LogP contribution in [0, 0.1) is 5.82 Å². The molecule has 0 saturated carbocycles. The fourth-order valence-electron chi connectivity index (χ4n) is 1.59. The van der Waals surface area contributed by atoms with Crippen LogP contribution in [0.4, 0.5) is 4.39 Å². The Morgan fingerprint density at radius 2 is 1.88 bits per heavy atom.